The lowest BCUT2D eigenvalue weighted by molar-refractivity contribution is 0.0920. The molecule has 0 atom stereocenters. The maximum atomic E-state index is 12.3. The molecule has 0 unspecified atom stereocenters. The number of hydrogen-bond donors (Lipinski definition) is 1. The monoisotopic (exact) mass is 261 g/mol. The zero-order valence-corrected chi connectivity index (χ0v) is 12.0. The summed E-state index contributed by atoms with van der Waals surface area (Å²) in [6, 6.07) is 0.309. The van der Waals surface area contributed by atoms with Crippen LogP contribution in [0.4, 0.5) is 0 Å². The summed E-state index contributed by atoms with van der Waals surface area (Å²) in [7, 11) is 0. The maximum Gasteiger partial charge on any atom is 0.254 e. The first kappa shape index (κ1) is 14.0. The molecule has 1 aromatic rings. The van der Waals surface area contributed by atoms with Crippen molar-refractivity contribution in [2.45, 2.75) is 58.4 Å². The number of nitrogens with zero attached hydrogens (tertiary/aromatic N) is 2. The molecule has 19 heavy (non-hydrogen) atoms. The van der Waals surface area contributed by atoms with Crippen LogP contribution in [0.2, 0.25) is 0 Å². The Hall–Kier alpha value is -1.45. The van der Waals surface area contributed by atoms with Crippen molar-refractivity contribution < 1.29 is 4.79 Å². The Labute approximate surface area is 115 Å². The van der Waals surface area contributed by atoms with Crippen LogP contribution >= 0.6 is 0 Å². The van der Waals surface area contributed by atoms with E-state index in [1.165, 1.54) is 19.2 Å². The Morgan fingerprint density at radius 3 is 2.63 bits per heavy atom. The van der Waals surface area contributed by atoms with E-state index in [2.05, 4.69) is 22.2 Å². The van der Waals surface area contributed by atoms with Crippen LogP contribution in [-0.2, 0) is 0 Å². The lowest BCUT2D eigenvalue weighted by atomic mass is 9.87. The van der Waals surface area contributed by atoms with Crippen molar-refractivity contribution in [3.8, 4) is 0 Å². The first-order valence-corrected chi connectivity index (χ1v) is 7.18. The van der Waals surface area contributed by atoms with E-state index >= 15 is 0 Å². The van der Waals surface area contributed by atoms with Gasteiger partial charge in [-0.15, -0.1) is 0 Å². The van der Waals surface area contributed by atoms with Crippen LogP contribution in [0.5, 0.6) is 0 Å². The lowest BCUT2D eigenvalue weighted by Crippen LogP contribution is -2.38. The van der Waals surface area contributed by atoms with E-state index in [1.807, 2.05) is 13.8 Å². The highest BCUT2D eigenvalue weighted by molar-refractivity contribution is 5.95. The summed E-state index contributed by atoms with van der Waals surface area (Å²) in [4.78, 5) is 20.5. The molecule has 1 heterocycles. The van der Waals surface area contributed by atoms with Crippen LogP contribution in [0, 0.1) is 5.92 Å². The molecule has 1 aromatic heterocycles. The van der Waals surface area contributed by atoms with Gasteiger partial charge < -0.3 is 5.32 Å². The van der Waals surface area contributed by atoms with Gasteiger partial charge in [0.15, 0.2) is 0 Å². The highest BCUT2D eigenvalue weighted by atomic mass is 16.1. The molecule has 1 aliphatic carbocycles. The highest BCUT2D eigenvalue weighted by Crippen LogP contribution is 2.24. The van der Waals surface area contributed by atoms with Gasteiger partial charge in [0, 0.05) is 12.2 Å². The highest BCUT2D eigenvalue weighted by Gasteiger charge is 2.22. The second kappa shape index (κ2) is 6.13. The summed E-state index contributed by atoms with van der Waals surface area (Å²) in [5, 5.41) is 3.13. The van der Waals surface area contributed by atoms with Crippen molar-refractivity contribution in [2.24, 2.45) is 5.92 Å². The van der Waals surface area contributed by atoms with Crippen LogP contribution in [-0.4, -0.2) is 21.9 Å². The number of carbonyl (C=O) groups is 1. The smallest absolute Gasteiger partial charge is 0.254 e. The van der Waals surface area contributed by atoms with Gasteiger partial charge in [-0.25, -0.2) is 9.97 Å². The molecule has 0 saturated heterocycles. The van der Waals surface area contributed by atoms with Crippen LogP contribution in [0.25, 0.3) is 0 Å². The largest absolute Gasteiger partial charge is 0.349 e. The van der Waals surface area contributed by atoms with Crippen molar-refractivity contribution in [3.63, 3.8) is 0 Å². The molecule has 1 N–H and O–H groups in total. The van der Waals surface area contributed by atoms with Gasteiger partial charge in [-0.1, -0.05) is 20.8 Å². The van der Waals surface area contributed by atoms with Gasteiger partial charge >= 0.3 is 0 Å². The SMILES string of the molecule is CC1CCC(NC(=O)c2cncnc2C(C)C)CC1. The molecular formula is C15H23N3O. The summed E-state index contributed by atoms with van der Waals surface area (Å²) >= 11 is 0. The van der Waals surface area contributed by atoms with Gasteiger partial charge in [-0.3, -0.25) is 4.79 Å². The number of nitrogens with one attached hydrogen (secondary N) is 1. The van der Waals surface area contributed by atoms with E-state index in [0.29, 0.717) is 11.6 Å². The molecule has 4 heteroatoms. The van der Waals surface area contributed by atoms with Crippen molar-refractivity contribution in [1.29, 1.82) is 0 Å². The fraction of sp³-hybridized carbons (Fsp3) is 0.667. The number of aromatic nitrogens is 2. The predicted octanol–water partition coefficient (Wildman–Crippen LogP) is 2.91. The molecule has 0 aliphatic heterocycles. The lowest BCUT2D eigenvalue weighted by Gasteiger charge is -2.27. The molecular weight excluding hydrogens is 238 g/mol. The molecule has 1 saturated carbocycles. The Balaban J connectivity index is 2.04. The average molecular weight is 261 g/mol. The minimum atomic E-state index is -0.0242. The normalized spacial score (nSPS) is 23.4. The fourth-order valence-electron chi connectivity index (χ4n) is 2.64. The molecule has 104 valence electrons. The quantitative estimate of drug-likeness (QED) is 0.910. The number of rotatable bonds is 3. The Morgan fingerprint density at radius 1 is 1.32 bits per heavy atom. The Bertz CT molecular complexity index is 437. The van der Waals surface area contributed by atoms with Gasteiger partial charge in [-0.2, -0.15) is 0 Å². The number of carbonyl (C=O) groups excluding carboxylic acids is 1. The minimum absolute atomic E-state index is 0.0242. The van der Waals surface area contributed by atoms with Crippen molar-refractivity contribution in [3.05, 3.63) is 23.8 Å². The summed E-state index contributed by atoms with van der Waals surface area (Å²) in [5.41, 5.74) is 1.45. The van der Waals surface area contributed by atoms with Crippen LogP contribution in [0.15, 0.2) is 12.5 Å². The first-order chi connectivity index (χ1) is 9.08. The van der Waals surface area contributed by atoms with Gasteiger partial charge in [0.2, 0.25) is 0 Å². The minimum Gasteiger partial charge on any atom is -0.349 e. The molecule has 2 rings (SSSR count). The summed E-state index contributed by atoms with van der Waals surface area (Å²) in [6.45, 7) is 6.36. The van der Waals surface area contributed by atoms with Crippen LogP contribution in [0.1, 0.15) is 68.4 Å². The third-order valence-electron chi connectivity index (χ3n) is 3.89. The maximum absolute atomic E-state index is 12.3. The molecule has 4 nitrogen and oxygen atoms in total. The van der Waals surface area contributed by atoms with Crippen LogP contribution in [0.3, 0.4) is 0 Å². The summed E-state index contributed by atoms with van der Waals surface area (Å²) in [5.74, 6) is 0.999. The summed E-state index contributed by atoms with van der Waals surface area (Å²) in [6.07, 6.45) is 7.70. The van der Waals surface area contributed by atoms with Gasteiger partial charge in [0.05, 0.1) is 11.3 Å². The number of amides is 1. The zero-order chi connectivity index (χ0) is 13.8. The van der Waals surface area contributed by atoms with Gasteiger partial charge in [0.25, 0.3) is 5.91 Å². The molecule has 0 spiro atoms. The second-order valence-electron chi connectivity index (χ2n) is 5.91. The molecule has 1 amide bonds. The third kappa shape index (κ3) is 3.52. The molecule has 1 fully saturated rings. The Kier molecular flexibility index (Phi) is 4.51. The van der Waals surface area contributed by atoms with E-state index in [9.17, 15) is 4.79 Å². The van der Waals surface area contributed by atoms with E-state index in [1.54, 1.807) is 6.20 Å². The zero-order valence-electron chi connectivity index (χ0n) is 12.0. The predicted molar refractivity (Wildman–Crippen MR) is 75.0 cm³/mol. The Morgan fingerprint density at radius 2 is 2.00 bits per heavy atom. The van der Waals surface area contributed by atoms with E-state index in [0.717, 1.165) is 24.5 Å². The van der Waals surface area contributed by atoms with Crippen molar-refractivity contribution in [2.75, 3.05) is 0 Å². The molecule has 0 radical (unpaired) electrons. The number of hydrogen-bond acceptors (Lipinski definition) is 3. The van der Waals surface area contributed by atoms with Crippen molar-refractivity contribution in [1.82, 2.24) is 15.3 Å². The molecule has 0 aromatic carbocycles. The average Bonchev–Trinajstić information content (AvgIpc) is 2.41. The summed E-state index contributed by atoms with van der Waals surface area (Å²) < 4.78 is 0. The third-order valence-corrected chi connectivity index (χ3v) is 3.89. The van der Waals surface area contributed by atoms with E-state index in [4.69, 9.17) is 0 Å². The standard InChI is InChI=1S/C15H23N3O/c1-10(2)14-13(8-16-9-17-14)15(19)18-12-6-4-11(3)5-7-12/h8-12H,4-7H2,1-3H3,(H,18,19). The first-order valence-electron chi connectivity index (χ1n) is 7.18. The van der Waals surface area contributed by atoms with Gasteiger partial charge in [0.1, 0.15) is 6.33 Å². The molecule has 0 bridgehead atoms. The van der Waals surface area contributed by atoms with Crippen LogP contribution < -0.4 is 5.32 Å². The fourth-order valence-corrected chi connectivity index (χ4v) is 2.64. The second-order valence-corrected chi connectivity index (χ2v) is 5.91. The van der Waals surface area contributed by atoms with E-state index < -0.39 is 0 Å². The van der Waals surface area contributed by atoms with Crippen molar-refractivity contribution >= 4 is 5.91 Å². The van der Waals surface area contributed by atoms with Gasteiger partial charge in [-0.05, 0) is 37.5 Å². The van der Waals surface area contributed by atoms with E-state index in [-0.39, 0.29) is 11.8 Å². The topological polar surface area (TPSA) is 54.9 Å². The molecule has 1 aliphatic rings.